The number of aliphatic imine (C=N–C) groups is 1. The van der Waals surface area contributed by atoms with Crippen molar-refractivity contribution < 1.29 is 4.79 Å². The Kier molecular flexibility index (Phi) is 5.52. The van der Waals surface area contributed by atoms with E-state index in [9.17, 15) is 4.79 Å². The van der Waals surface area contributed by atoms with Crippen molar-refractivity contribution in [3.63, 3.8) is 0 Å². The maximum Gasteiger partial charge on any atom is 0.251 e. The van der Waals surface area contributed by atoms with Gasteiger partial charge in [-0.1, -0.05) is 66.7 Å². The normalized spacial score (nSPS) is 13.0. The number of carbonyl (C=O) groups is 1. The van der Waals surface area contributed by atoms with E-state index in [0.29, 0.717) is 25.1 Å². The Labute approximate surface area is 170 Å². The van der Waals surface area contributed by atoms with E-state index in [4.69, 9.17) is 5.73 Å². The van der Waals surface area contributed by atoms with Crippen molar-refractivity contribution in [3.8, 4) is 0 Å². The summed E-state index contributed by atoms with van der Waals surface area (Å²) < 4.78 is 0. The number of nitrogens with zero attached hydrogens (tertiary/aromatic N) is 1. The second-order valence-electron chi connectivity index (χ2n) is 6.99. The molecule has 1 aliphatic rings. The first-order valence-electron chi connectivity index (χ1n) is 9.74. The zero-order chi connectivity index (χ0) is 20.1. The molecule has 0 spiro atoms. The van der Waals surface area contributed by atoms with Crippen LogP contribution < -0.4 is 11.1 Å². The summed E-state index contributed by atoms with van der Waals surface area (Å²) in [5.74, 6) is -0.0978. The van der Waals surface area contributed by atoms with Crippen LogP contribution in [-0.2, 0) is 6.42 Å². The third-order valence-electron chi connectivity index (χ3n) is 5.06. The molecule has 4 heteroatoms. The Morgan fingerprint density at radius 3 is 2.48 bits per heavy atom. The number of amides is 1. The van der Waals surface area contributed by atoms with Gasteiger partial charge in [0, 0.05) is 23.4 Å². The molecule has 1 aliphatic heterocycles. The average molecular weight is 381 g/mol. The van der Waals surface area contributed by atoms with Crippen LogP contribution >= 0.6 is 0 Å². The van der Waals surface area contributed by atoms with Gasteiger partial charge in [-0.15, -0.1) is 0 Å². The lowest BCUT2D eigenvalue weighted by molar-refractivity contribution is 0.0954. The third-order valence-corrected chi connectivity index (χ3v) is 5.06. The topological polar surface area (TPSA) is 67.5 Å². The summed E-state index contributed by atoms with van der Waals surface area (Å²) in [7, 11) is 0. The van der Waals surface area contributed by atoms with Gasteiger partial charge in [0.2, 0.25) is 0 Å². The van der Waals surface area contributed by atoms with E-state index in [0.717, 1.165) is 33.7 Å². The minimum Gasteiger partial charge on any atom is -0.399 e. The van der Waals surface area contributed by atoms with Gasteiger partial charge >= 0.3 is 0 Å². The first-order valence-corrected chi connectivity index (χ1v) is 9.74. The molecular formula is C25H23N3O. The second-order valence-corrected chi connectivity index (χ2v) is 6.99. The molecule has 1 heterocycles. The molecule has 3 N–H and O–H groups in total. The maximum atomic E-state index is 12.8. The molecule has 29 heavy (non-hydrogen) atoms. The predicted octanol–water partition coefficient (Wildman–Crippen LogP) is 4.13. The van der Waals surface area contributed by atoms with Gasteiger partial charge in [0.25, 0.3) is 5.91 Å². The van der Waals surface area contributed by atoms with Crippen LogP contribution in [0.3, 0.4) is 0 Å². The van der Waals surface area contributed by atoms with Gasteiger partial charge in [0.05, 0.1) is 12.3 Å². The third kappa shape index (κ3) is 4.27. The van der Waals surface area contributed by atoms with Crippen LogP contribution in [0.25, 0.3) is 5.57 Å². The number of allylic oxidation sites excluding steroid dienone is 1. The molecule has 0 atom stereocenters. The predicted molar refractivity (Wildman–Crippen MR) is 119 cm³/mol. The van der Waals surface area contributed by atoms with E-state index in [1.165, 1.54) is 0 Å². The molecule has 4 nitrogen and oxygen atoms in total. The van der Waals surface area contributed by atoms with E-state index in [2.05, 4.69) is 28.5 Å². The number of nitrogens with one attached hydrogen (secondary N) is 1. The van der Waals surface area contributed by atoms with E-state index >= 15 is 0 Å². The van der Waals surface area contributed by atoms with Gasteiger partial charge in [0.1, 0.15) is 0 Å². The van der Waals surface area contributed by atoms with Crippen molar-refractivity contribution in [1.29, 1.82) is 0 Å². The number of carbonyl (C=O) groups excluding carboxylic acids is 1. The number of rotatable bonds is 6. The largest absolute Gasteiger partial charge is 0.399 e. The highest BCUT2D eigenvalue weighted by Gasteiger charge is 2.17. The maximum absolute atomic E-state index is 12.8. The molecule has 3 aromatic carbocycles. The monoisotopic (exact) mass is 381 g/mol. The molecule has 1 amide bonds. The smallest absolute Gasteiger partial charge is 0.251 e. The molecule has 144 valence electrons. The Hall–Kier alpha value is -3.66. The molecule has 0 bridgehead atoms. The van der Waals surface area contributed by atoms with Crippen molar-refractivity contribution in [2.75, 3.05) is 18.8 Å². The fourth-order valence-corrected chi connectivity index (χ4v) is 3.49. The molecule has 0 aromatic heterocycles. The highest BCUT2D eigenvalue weighted by Crippen LogP contribution is 2.23. The number of para-hydroxylation sites is 1. The summed E-state index contributed by atoms with van der Waals surface area (Å²) >= 11 is 0. The SMILES string of the molecule is Nc1ccccc1CCNC(=O)c1ccccc1C1=NCC(c2ccccc2)=C1. The van der Waals surface area contributed by atoms with Crippen molar-refractivity contribution in [2.45, 2.75) is 6.42 Å². The number of benzene rings is 3. The lowest BCUT2D eigenvalue weighted by atomic mass is 10.00. The van der Waals surface area contributed by atoms with E-state index < -0.39 is 0 Å². The summed E-state index contributed by atoms with van der Waals surface area (Å²) in [5.41, 5.74) is 12.4. The Morgan fingerprint density at radius 2 is 1.66 bits per heavy atom. The van der Waals surface area contributed by atoms with Gasteiger partial charge in [-0.3, -0.25) is 9.79 Å². The molecule has 0 aliphatic carbocycles. The summed E-state index contributed by atoms with van der Waals surface area (Å²) in [5, 5.41) is 3.01. The van der Waals surface area contributed by atoms with Crippen LogP contribution in [-0.4, -0.2) is 24.7 Å². The van der Waals surface area contributed by atoms with E-state index in [-0.39, 0.29) is 5.91 Å². The fraction of sp³-hybridized carbons (Fsp3) is 0.120. The van der Waals surface area contributed by atoms with Gasteiger partial charge < -0.3 is 11.1 Å². The second kappa shape index (κ2) is 8.57. The number of nitrogen functional groups attached to an aromatic ring is 1. The zero-order valence-corrected chi connectivity index (χ0v) is 16.1. The number of nitrogens with two attached hydrogens (primary N) is 1. The molecule has 4 rings (SSSR count). The minimum atomic E-state index is -0.0978. The zero-order valence-electron chi connectivity index (χ0n) is 16.1. The molecule has 0 radical (unpaired) electrons. The van der Waals surface area contributed by atoms with Crippen LogP contribution in [0, 0.1) is 0 Å². The van der Waals surface area contributed by atoms with Crippen LogP contribution in [0.2, 0.25) is 0 Å². The standard InChI is InChI=1S/C25H23N3O/c26-23-13-7-4-10-19(23)14-15-27-25(29)22-12-6-5-11-21(22)24-16-20(17-28-24)18-8-2-1-3-9-18/h1-13,16H,14-15,17,26H2,(H,27,29). The first kappa shape index (κ1) is 18.7. The van der Waals surface area contributed by atoms with E-state index in [1.54, 1.807) is 0 Å². The first-order chi connectivity index (χ1) is 14.2. The average Bonchev–Trinajstić information content (AvgIpc) is 3.26. The molecular weight excluding hydrogens is 358 g/mol. The molecule has 0 saturated carbocycles. The summed E-state index contributed by atoms with van der Waals surface area (Å²) in [6.07, 6.45) is 2.77. The van der Waals surface area contributed by atoms with Gasteiger partial charge in [-0.05, 0) is 41.3 Å². The van der Waals surface area contributed by atoms with Crippen molar-refractivity contribution in [3.05, 3.63) is 107 Å². The van der Waals surface area contributed by atoms with Gasteiger partial charge in [0.15, 0.2) is 0 Å². The fourth-order valence-electron chi connectivity index (χ4n) is 3.49. The van der Waals surface area contributed by atoms with Gasteiger partial charge in [-0.2, -0.15) is 0 Å². The summed E-state index contributed by atoms with van der Waals surface area (Å²) in [6.45, 7) is 1.15. The Balaban J connectivity index is 1.48. The highest BCUT2D eigenvalue weighted by atomic mass is 16.1. The molecule has 0 fully saturated rings. The quantitative estimate of drug-likeness (QED) is 0.631. The summed E-state index contributed by atoms with van der Waals surface area (Å²) in [4.78, 5) is 17.5. The molecule has 0 unspecified atom stereocenters. The number of hydrogen-bond donors (Lipinski definition) is 2. The highest BCUT2D eigenvalue weighted by molar-refractivity contribution is 6.19. The van der Waals surface area contributed by atoms with Gasteiger partial charge in [-0.25, -0.2) is 0 Å². The number of hydrogen-bond acceptors (Lipinski definition) is 3. The van der Waals surface area contributed by atoms with Crippen LogP contribution in [0.5, 0.6) is 0 Å². The van der Waals surface area contributed by atoms with Crippen molar-refractivity contribution in [2.24, 2.45) is 4.99 Å². The van der Waals surface area contributed by atoms with Crippen molar-refractivity contribution in [1.82, 2.24) is 5.32 Å². The molecule has 3 aromatic rings. The Bertz CT molecular complexity index is 1080. The van der Waals surface area contributed by atoms with Crippen LogP contribution in [0.1, 0.15) is 27.0 Å². The number of anilines is 1. The van der Waals surface area contributed by atoms with Crippen LogP contribution in [0.15, 0.2) is 89.9 Å². The van der Waals surface area contributed by atoms with Crippen molar-refractivity contribution >= 4 is 22.9 Å². The van der Waals surface area contributed by atoms with Crippen LogP contribution in [0.4, 0.5) is 5.69 Å². The van der Waals surface area contributed by atoms with E-state index in [1.807, 2.05) is 66.7 Å². The lowest BCUT2D eigenvalue weighted by Crippen LogP contribution is -2.27. The minimum absolute atomic E-state index is 0.0978. The summed E-state index contributed by atoms with van der Waals surface area (Å²) in [6, 6.07) is 25.6. The molecule has 0 saturated heterocycles. The lowest BCUT2D eigenvalue weighted by Gasteiger charge is -2.10. The Morgan fingerprint density at radius 1 is 0.931 bits per heavy atom.